The van der Waals surface area contributed by atoms with Crippen LogP contribution in [0.25, 0.3) is 5.57 Å². The molecule has 0 bridgehead atoms. The third-order valence-corrected chi connectivity index (χ3v) is 5.90. The van der Waals surface area contributed by atoms with Crippen LogP contribution in [-0.2, 0) is 6.42 Å². The van der Waals surface area contributed by atoms with E-state index >= 15 is 0 Å². The minimum Gasteiger partial charge on any atom is -0.396 e. The third-order valence-electron chi connectivity index (χ3n) is 5.90. The summed E-state index contributed by atoms with van der Waals surface area (Å²) in [6.45, 7) is 0.382. The van der Waals surface area contributed by atoms with E-state index in [9.17, 15) is 5.11 Å². The lowest BCUT2D eigenvalue weighted by molar-refractivity contribution is 0.130. The summed E-state index contributed by atoms with van der Waals surface area (Å²) in [5.41, 5.74) is 6.73. The summed E-state index contributed by atoms with van der Waals surface area (Å²) in [5, 5.41) is 9.80. The van der Waals surface area contributed by atoms with Crippen LogP contribution >= 0.6 is 0 Å². The first kappa shape index (κ1) is 11.7. The van der Waals surface area contributed by atoms with Crippen LogP contribution in [0, 0.1) is 11.3 Å². The summed E-state index contributed by atoms with van der Waals surface area (Å²) in [4.78, 5) is 0. The van der Waals surface area contributed by atoms with Gasteiger partial charge in [-0.05, 0) is 66.6 Å². The Morgan fingerprint density at radius 1 is 1.16 bits per heavy atom. The molecule has 3 aliphatic carbocycles. The summed E-state index contributed by atoms with van der Waals surface area (Å²) in [6.07, 6.45) is 8.87. The SMILES string of the molecule is OC[C@@H]1CCC[C@@]12CCCC1=C2Cc2ccccc21. The Hall–Kier alpha value is -1.08. The van der Waals surface area contributed by atoms with Crippen molar-refractivity contribution < 1.29 is 5.11 Å². The highest BCUT2D eigenvalue weighted by Gasteiger charge is 2.48. The Morgan fingerprint density at radius 3 is 2.89 bits per heavy atom. The van der Waals surface area contributed by atoms with Gasteiger partial charge in [0.25, 0.3) is 0 Å². The lowest BCUT2D eigenvalue weighted by Gasteiger charge is -2.40. The van der Waals surface area contributed by atoms with E-state index in [4.69, 9.17) is 0 Å². The van der Waals surface area contributed by atoms with Crippen molar-refractivity contribution in [3.05, 3.63) is 41.0 Å². The van der Waals surface area contributed by atoms with E-state index in [-0.39, 0.29) is 0 Å². The molecule has 0 radical (unpaired) electrons. The Morgan fingerprint density at radius 2 is 2.00 bits per heavy atom. The van der Waals surface area contributed by atoms with Crippen LogP contribution < -0.4 is 0 Å². The highest BCUT2D eigenvalue weighted by Crippen LogP contribution is 2.59. The van der Waals surface area contributed by atoms with Gasteiger partial charge in [-0.3, -0.25) is 0 Å². The van der Waals surface area contributed by atoms with Gasteiger partial charge < -0.3 is 5.11 Å². The van der Waals surface area contributed by atoms with Gasteiger partial charge in [-0.25, -0.2) is 0 Å². The molecule has 0 aromatic heterocycles. The van der Waals surface area contributed by atoms with Crippen LogP contribution in [0.5, 0.6) is 0 Å². The first-order valence-corrected chi connectivity index (χ1v) is 7.77. The predicted octanol–water partition coefficient (Wildman–Crippen LogP) is 3.96. The van der Waals surface area contributed by atoms with Crippen molar-refractivity contribution in [2.24, 2.45) is 11.3 Å². The van der Waals surface area contributed by atoms with Gasteiger partial charge in [0.2, 0.25) is 0 Å². The van der Waals surface area contributed by atoms with Crippen LogP contribution in [0.2, 0.25) is 0 Å². The highest BCUT2D eigenvalue weighted by atomic mass is 16.3. The normalized spacial score (nSPS) is 32.8. The predicted molar refractivity (Wildman–Crippen MR) is 77.8 cm³/mol. The molecular weight excluding hydrogens is 232 g/mol. The maximum atomic E-state index is 9.80. The maximum Gasteiger partial charge on any atom is 0.0467 e. The molecule has 1 aromatic carbocycles. The smallest absolute Gasteiger partial charge is 0.0467 e. The van der Waals surface area contributed by atoms with E-state index < -0.39 is 0 Å². The van der Waals surface area contributed by atoms with E-state index in [1.54, 1.807) is 11.1 Å². The summed E-state index contributed by atoms with van der Waals surface area (Å²) in [7, 11) is 0. The van der Waals surface area contributed by atoms with Crippen LogP contribution in [0.1, 0.15) is 49.7 Å². The summed E-state index contributed by atoms with van der Waals surface area (Å²) in [6, 6.07) is 8.94. The van der Waals surface area contributed by atoms with Gasteiger partial charge >= 0.3 is 0 Å². The number of rotatable bonds is 1. The van der Waals surface area contributed by atoms with Gasteiger partial charge in [0.15, 0.2) is 0 Å². The van der Waals surface area contributed by atoms with E-state index in [2.05, 4.69) is 24.3 Å². The minimum absolute atomic E-state index is 0.349. The lowest BCUT2D eigenvalue weighted by Crippen LogP contribution is -2.33. The van der Waals surface area contributed by atoms with Gasteiger partial charge in [0, 0.05) is 6.61 Å². The van der Waals surface area contributed by atoms with E-state index in [0.29, 0.717) is 17.9 Å². The van der Waals surface area contributed by atoms with Crippen LogP contribution in [0.15, 0.2) is 29.8 Å². The molecule has 2 atom stereocenters. The van der Waals surface area contributed by atoms with Crippen molar-refractivity contribution >= 4 is 5.57 Å². The molecule has 3 aliphatic rings. The zero-order valence-corrected chi connectivity index (χ0v) is 11.5. The molecule has 1 heteroatoms. The number of allylic oxidation sites excluding steroid dienone is 2. The van der Waals surface area contributed by atoms with Crippen molar-refractivity contribution in [2.75, 3.05) is 6.61 Å². The summed E-state index contributed by atoms with van der Waals surface area (Å²) >= 11 is 0. The van der Waals surface area contributed by atoms with Crippen LogP contribution in [0.4, 0.5) is 0 Å². The first-order valence-electron chi connectivity index (χ1n) is 7.77. The van der Waals surface area contributed by atoms with E-state index in [1.165, 1.54) is 49.7 Å². The zero-order valence-electron chi connectivity index (χ0n) is 11.5. The first-order chi connectivity index (χ1) is 9.35. The lowest BCUT2D eigenvalue weighted by atomic mass is 9.64. The average Bonchev–Trinajstić information content (AvgIpc) is 3.02. The fraction of sp³-hybridized carbons (Fsp3) is 0.556. The Bertz CT molecular complexity index is 542. The van der Waals surface area contributed by atoms with Gasteiger partial charge in [0.05, 0.1) is 0 Å². The molecule has 1 nitrogen and oxygen atoms in total. The standard InChI is InChI=1S/C18H22O/c19-12-14-6-3-9-18(14)10-4-8-16-15-7-2-1-5-13(15)11-17(16)18/h1-2,5,7,14,19H,3-4,6,8-12H2/t14-,18+/m0/s1. The molecule has 19 heavy (non-hydrogen) atoms. The molecule has 0 aliphatic heterocycles. The third kappa shape index (κ3) is 1.51. The molecule has 0 saturated heterocycles. The number of hydrogen-bond donors (Lipinski definition) is 1. The summed E-state index contributed by atoms with van der Waals surface area (Å²) < 4.78 is 0. The monoisotopic (exact) mass is 254 g/mol. The van der Waals surface area contributed by atoms with Crippen LogP contribution in [0.3, 0.4) is 0 Å². The molecule has 0 heterocycles. The largest absolute Gasteiger partial charge is 0.396 e. The van der Waals surface area contributed by atoms with Gasteiger partial charge in [0.1, 0.15) is 0 Å². The Balaban J connectivity index is 1.83. The topological polar surface area (TPSA) is 20.2 Å². The number of fused-ring (bicyclic) bond motifs is 3. The molecule has 4 rings (SSSR count). The molecule has 1 spiro atoms. The van der Waals surface area contributed by atoms with Gasteiger partial charge in [-0.2, -0.15) is 0 Å². The number of hydrogen-bond acceptors (Lipinski definition) is 1. The molecule has 0 unspecified atom stereocenters. The maximum absolute atomic E-state index is 9.80. The van der Waals surface area contributed by atoms with Crippen molar-refractivity contribution in [3.8, 4) is 0 Å². The molecule has 1 saturated carbocycles. The number of aliphatic hydroxyl groups is 1. The molecular formula is C18H22O. The fourth-order valence-electron chi connectivity index (χ4n) is 5.06. The Kier molecular flexibility index (Phi) is 2.60. The molecule has 1 fully saturated rings. The second-order valence-corrected chi connectivity index (χ2v) is 6.57. The second kappa shape index (κ2) is 4.21. The summed E-state index contributed by atoms with van der Waals surface area (Å²) in [5.74, 6) is 0.520. The van der Waals surface area contributed by atoms with Crippen molar-refractivity contribution in [1.29, 1.82) is 0 Å². The van der Waals surface area contributed by atoms with E-state index in [0.717, 1.165) is 6.42 Å². The quantitative estimate of drug-likeness (QED) is 0.804. The number of aliphatic hydroxyl groups excluding tert-OH is 1. The van der Waals surface area contributed by atoms with Crippen LogP contribution in [-0.4, -0.2) is 11.7 Å². The van der Waals surface area contributed by atoms with Gasteiger partial charge in [-0.15, -0.1) is 0 Å². The van der Waals surface area contributed by atoms with Crippen molar-refractivity contribution in [3.63, 3.8) is 0 Å². The van der Waals surface area contributed by atoms with Gasteiger partial charge in [-0.1, -0.05) is 36.3 Å². The molecule has 1 N–H and O–H groups in total. The Labute approximate surface area is 115 Å². The van der Waals surface area contributed by atoms with Crippen molar-refractivity contribution in [1.82, 2.24) is 0 Å². The number of benzene rings is 1. The fourth-order valence-corrected chi connectivity index (χ4v) is 5.06. The van der Waals surface area contributed by atoms with Crippen molar-refractivity contribution in [2.45, 2.75) is 44.9 Å². The second-order valence-electron chi connectivity index (χ2n) is 6.57. The zero-order chi connectivity index (χ0) is 12.9. The van der Waals surface area contributed by atoms with E-state index in [1.807, 2.05) is 0 Å². The average molecular weight is 254 g/mol. The molecule has 100 valence electrons. The minimum atomic E-state index is 0.349. The molecule has 1 aromatic rings. The highest BCUT2D eigenvalue weighted by molar-refractivity contribution is 5.78. The molecule has 0 amide bonds.